The SMILES string of the molecule is Cc1ccc(S(=O)(=O)N2CCC(C(=O)n3nc(-c4ccccc4)cc3-c3ccccc3)CC2)cc1. The fourth-order valence-corrected chi connectivity index (χ4v) is 5.96. The lowest BCUT2D eigenvalue weighted by Gasteiger charge is -2.30. The van der Waals surface area contributed by atoms with Crippen LogP contribution in [0.5, 0.6) is 0 Å². The van der Waals surface area contributed by atoms with Crippen molar-refractivity contribution in [3.05, 3.63) is 96.6 Å². The van der Waals surface area contributed by atoms with E-state index in [1.165, 1.54) is 8.99 Å². The molecule has 1 aromatic heterocycles. The molecule has 4 aromatic rings. The van der Waals surface area contributed by atoms with Gasteiger partial charge >= 0.3 is 0 Å². The second kappa shape index (κ2) is 9.60. The van der Waals surface area contributed by atoms with Gasteiger partial charge in [0.05, 0.1) is 16.3 Å². The first-order valence-electron chi connectivity index (χ1n) is 11.8. The van der Waals surface area contributed by atoms with Crippen LogP contribution in [0.1, 0.15) is 23.2 Å². The van der Waals surface area contributed by atoms with Gasteiger partial charge in [-0.3, -0.25) is 4.79 Å². The van der Waals surface area contributed by atoms with Crippen LogP contribution in [0, 0.1) is 12.8 Å². The molecular formula is C28H27N3O3S. The zero-order valence-corrected chi connectivity index (χ0v) is 20.4. The Morgan fingerprint density at radius 1 is 0.829 bits per heavy atom. The second-order valence-corrected chi connectivity index (χ2v) is 10.8. The second-order valence-electron chi connectivity index (χ2n) is 8.89. The standard InChI is InChI=1S/C28H27N3O3S/c1-21-12-14-25(15-13-21)35(33,34)30-18-16-24(17-19-30)28(32)31-27(23-10-6-3-7-11-23)20-26(29-31)22-8-4-2-5-9-22/h2-15,20,24H,16-19H2,1H3. The van der Waals surface area contributed by atoms with E-state index in [9.17, 15) is 13.2 Å². The fraction of sp³-hybridized carbons (Fsp3) is 0.214. The van der Waals surface area contributed by atoms with Crippen LogP contribution >= 0.6 is 0 Å². The lowest BCUT2D eigenvalue weighted by molar-refractivity contribution is 0.0772. The van der Waals surface area contributed by atoms with Gasteiger partial charge in [-0.25, -0.2) is 8.42 Å². The highest BCUT2D eigenvalue weighted by atomic mass is 32.2. The number of carbonyl (C=O) groups is 1. The maximum atomic E-state index is 13.6. The molecule has 6 nitrogen and oxygen atoms in total. The summed E-state index contributed by atoms with van der Waals surface area (Å²) < 4.78 is 29.1. The number of benzene rings is 3. The van der Waals surface area contributed by atoms with Crippen molar-refractivity contribution < 1.29 is 13.2 Å². The van der Waals surface area contributed by atoms with Crippen LogP contribution in [-0.2, 0) is 10.0 Å². The maximum absolute atomic E-state index is 13.6. The van der Waals surface area contributed by atoms with Crippen LogP contribution in [0.15, 0.2) is 95.9 Å². The third kappa shape index (κ3) is 4.70. The molecule has 0 spiro atoms. The van der Waals surface area contributed by atoms with Crippen LogP contribution in [0.4, 0.5) is 0 Å². The lowest BCUT2D eigenvalue weighted by Crippen LogP contribution is -2.41. The molecule has 0 aliphatic carbocycles. The summed E-state index contributed by atoms with van der Waals surface area (Å²) in [5, 5.41) is 4.69. The zero-order chi connectivity index (χ0) is 24.4. The molecule has 5 rings (SSSR count). The number of aromatic nitrogens is 2. The molecular weight excluding hydrogens is 458 g/mol. The summed E-state index contributed by atoms with van der Waals surface area (Å²) in [4.78, 5) is 13.9. The Balaban J connectivity index is 1.39. The summed E-state index contributed by atoms with van der Waals surface area (Å²) in [5.74, 6) is -0.399. The van der Waals surface area contributed by atoms with Gasteiger partial charge < -0.3 is 0 Å². The Labute approximate surface area is 205 Å². The number of hydrogen-bond acceptors (Lipinski definition) is 4. The van der Waals surface area contributed by atoms with Gasteiger partial charge in [-0.1, -0.05) is 78.4 Å². The summed E-state index contributed by atoms with van der Waals surface area (Å²) in [6, 6.07) is 28.4. The molecule has 0 amide bonds. The van der Waals surface area contributed by atoms with Crippen molar-refractivity contribution in [2.24, 2.45) is 5.92 Å². The minimum atomic E-state index is -3.58. The van der Waals surface area contributed by atoms with Crippen molar-refractivity contribution in [1.82, 2.24) is 14.1 Å². The molecule has 0 unspecified atom stereocenters. The number of piperidine rings is 1. The Bertz CT molecular complexity index is 1420. The van der Waals surface area contributed by atoms with Gasteiger partial charge in [-0.15, -0.1) is 0 Å². The third-order valence-corrected chi connectivity index (χ3v) is 8.43. The highest BCUT2D eigenvalue weighted by Crippen LogP contribution is 2.30. The average Bonchev–Trinajstić information content (AvgIpc) is 3.35. The van der Waals surface area contributed by atoms with Gasteiger partial charge in [0.15, 0.2) is 0 Å². The fourth-order valence-electron chi connectivity index (χ4n) is 4.49. The molecule has 0 N–H and O–H groups in total. The van der Waals surface area contributed by atoms with Crippen LogP contribution in [0.25, 0.3) is 22.5 Å². The Hall–Kier alpha value is -3.55. The van der Waals surface area contributed by atoms with Crippen molar-refractivity contribution in [3.63, 3.8) is 0 Å². The van der Waals surface area contributed by atoms with E-state index in [-0.39, 0.29) is 11.8 Å². The van der Waals surface area contributed by atoms with Crippen molar-refractivity contribution in [2.75, 3.05) is 13.1 Å². The molecule has 178 valence electrons. The normalized spacial score (nSPS) is 15.2. The smallest absolute Gasteiger partial charge is 0.250 e. The Morgan fingerprint density at radius 2 is 1.40 bits per heavy atom. The molecule has 3 aromatic carbocycles. The third-order valence-electron chi connectivity index (χ3n) is 6.52. The first-order chi connectivity index (χ1) is 16.9. The van der Waals surface area contributed by atoms with E-state index >= 15 is 0 Å². The number of sulfonamides is 1. The molecule has 1 aliphatic rings. The summed E-state index contributed by atoms with van der Waals surface area (Å²) in [5.41, 5.74) is 4.34. The van der Waals surface area contributed by atoms with Crippen LogP contribution in [0.2, 0.25) is 0 Å². The van der Waals surface area contributed by atoms with Crippen LogP contribution < -0.4 is 0 Å². The maximum Gasteiger partial charge on any atom is 0.250 e. The van der Waals surface area contributed by atoms with Crippen molar-refractivity contribution in [2.45, 2.75) is 24.7 Å². The molecule has 7 heteroatoms. The average molecular weight is 486 g/mol. The predicted octanol–water partition coefficient (Wildman–Crippen LogP) is 5.27. The first-order valence-corrected chi connectivity index (χ1v) is 13.2. The quantitative estimate of drug-likeness (QED) is 0.386. The van der Waals surface area contributed by atoms with Gasteiger partial charge in [-0.05, 0) is 38.0 Å². The molecule has 0 radical (unpaired) electrons. The topological polar surface area (TPSA) is 72.3 Å². The molecule has 0 saturated carbocycles. The highest BCUT2D eigenvalue weighted by Gasteiger charge is 2.33. The van der Waals surface area contributed by atoms with E-state index in [1.807, 2.05) is 73.7 Å². The van der Waals surface area contributed by atoms with Gasteiger partial charge in [-0.2, -0.15) is 14.1 Å². The van der Waals surface area contributed by atoms with Gasteiger partial charge in [0.1, 0.15) is 0 Å². The number of nitrogens with zero attached hydrogens (tertiary/aromatic N) is 3. The van der Waals surface area contributed by atoms with E-state index in [4.69, 9.17) is 5.10 Å². The predicted molar refractivity (Wildman–Crippen MR) is 136 cm³/mol. The van der Waals surface area contributed by atoms with E-state index in [0.29, 0.717) is 30.8 Å². The molecule has 1 aliphatic heterocycles. The Morgan fingerprint density at radius 3 is 2.00 bits per heavy atom. The number of hydrogen-bond donors (Lipinski definition) is 0. The number of aryl methyl sites for hydroxylation is 1. The monoisotopic (exact) mass is 485 g/mol. The van der Waals surface area contributed by atoms with E-state index < -0.39 is 10.0 Å². The van der Waals surface area contributed by atoms with Crippen molar-refractivity contribution in [1.29, 1.82) is 0 Å². The summed E-state index contributed by atoms with van der Waals surface area (Å²) >= 11 is 0. The summed E-state index contributed by atoms with van der Waals surface area (Å²) in [6.07, 6.45) is 0.914. The van der Waals surface area contributed by atoms with Crippen LogP contribution in [0.3, 0.4) is 0 Å². The van der Waals surface area contributed by atoms with E-state index in [2.05, 4.69) is 0 Å². The zero-order valence-electron chi connectivity index (χ0n) is 19.5. The summed E-state index contributed by atoms with van der Waals surface area (Å²) in [6.45, 7) is 2.54. The molecule has 35 heavy (non-hydrogen) atoms. The minimum Gasteiger partial charge on any atom is -0.272 e. The molecule has 1 fully saturated rings. The molecule has 2 heterocycles. The molecule has 0 atom stereocenters. The lowest BCUT2D eigenvalue weighted by atomic mass is 9.97. The number of carbonyl (C=O) groups excluding carboxylic acids is 1. The van der Waals surface area contributed by atoms with Gasteiger partial charge in [0, 0.05) is 30.1 Å². The minimum absolute atomic E-state index is 0.0987. The molecule has 0 bridgehead atoms. The van der Waals surface area contributed by atoms with Crippen molar-refractivity contribution in [3.8, 4) is 22.5 Å². The number of rotatable bonds is 5. The van der Waals surface area contributed by atoms with Gasteiger partial charge in [0.2, 0.25) is 10.0 Å². The van der Waals surface area contributed by atoms with E-state index in [0.717, 1.165) is 28.1 Å². The van der Waals surface area contributed by atoms with E-state index in [1.54, 1.807) is 24.3 Å². The molecule has 1 saturated heterocycles. The largest absolute Gasteiger partial charge is 0.272 e. The Kier molecular flexibility index (Phi) is 6.36. The van der Waals surface area contributed by atoms with Crippen molar-refractivity contribution >= 4 is 15.9 Å². The first kappa shape index (κ1) is 23.2. The van der Waals surface area contributed by atoms with Gasteiger partial charge in [0.25, 0.3) is 5.91 Å². The highest BCUT2D eigenvalue weighted by molar-refractivity contribution is 7.89. The van der Waals surface area contributed by atoms with Crippen LogP contribution in [-0.4, -0.2) is 41.5 Å². The summed E-state index contributed by atoms with van der Waals surface area (Å²) in [7, 11) is -3.58.